The minimum Gasteiger partial charge on any atom is -0.311 e. The number of nitrogens with zero attached hydrogens (tertiary/aromatic N) is 3. The Bertz CT molecular complexity index is 328. The summed E-state index contributed by atoms with van der Waals surface area (Å²) in [7, 11) is 2.21. The zero-order chi connectivity index (χ0) is 12.6. The van der Waals surface area contributed by atoms with Gasteiger partial charge in [-0.05, 0) is 38.2 Å². The zero-order valence-corrected chi connectivity index (χ0v) is 11.3. The van der Waals surface area contributed by atoms with Crippen LogP contribution in [0.4, 0.5) is 0 Å². The van der Waals surface area contributed by atoms with Crippen molar-refractivity contribution in [3.63, 3.8) is 0 Å². The number of likely N-dealkylation sites (N-methyl/N-ethyl adjacent to an activating group) is 1. The summed E-state index contributed by atoms with van der Waals surface area (Å²) >= 11 is 0. The second kappa shape index (κ2) is 7.46. The molecule has 1 aromatic rings. The Morgan fingerprint density at radius 3 is 3.06 bits per heavy atom. The van der Waals surface area contributed by atoms with Crippen LogP contribution in [0.15, 0.2) is 24.5 Å². The van der Waals surface area contributed by atoms with Crippen LogP contribution < -0.4 is 5.32 Å². The van der Waals surface area contributed by atoms with Gasteiger partial charge in [-0.2, -0.15) is 0 Å². The summed E-state index contributed by atoms with van der Waals surface area (Å²) in [4.78, 5) is 9.09. The van der Waals surface area contributed by atoms with E-state index in [4.69, 9.17) is 0 Å². The third kappa shape index (κ3) is 4.72. The van der Waals surface area contributed by atoms with Gasteiger partial charge < -0.3 is 15.1 Å². The Morgan fingerprint density at radius 2 is 2.22 bits per heavy atom. The van der Waals surface area contributed by atoms with Crippen LogP contribution in [0.25, 0.3) is 0 Å². The van der Waals surface area contributed by atoms with Crippen molar-refractivity contribution in [1.29, 1.82) is 0 Å². The molecule has 0 amide bonds. The minimum absolute atomic E-state index is 0.918. The first-order chi connectivity index (χ1) is 8.84. The maximum atomic E-state index is 4.12. The quantitative estimate of drug-likeness (QED) is 0.781. The summed E-state index contributed by atoms with van der Waals surface area (Å²) in [5.74, 6) is 0. The van der Waals surface area contributed by atoms with Gasteiger partial charge in [0.15, 0.2) is 0 Å². The molecule has 18 heavy (non-hydrogen) atoms. The van der Waals surface area contributed by atoms with Crippen LogP contribution in [0.2, 0.25) is 0 Å². The normalized spacial score (nSPS) is 18.7. The molecule has 100 valence electrons. The van der Waals surface area contributed by atoms with Crippen LogP contribution in [0, 0.1) is 0 Å². The summed E-state index contributed by atoms with van der Waals surface area (Å²) in [6, 6.07) is 4.10. The van der Waals surface area contributed by atoms with E-state index in [1.807, 2.05) is 18.5 Å². The molecular formula is C14H24N4. The Kier molecular flexibility index (Phi) is 5.58. The summed E-state index contributed by atoms with van der Waals surface area (Å²) in [6.07, 6.45) is 5.03. The van der Waals surface area contributed by atoms with Gasteiger partial charge in [0.25, 0.3) is 0 Å². The van der Waals surface area contributed by atoms with Crippen LogP contribution in [0.1, 0.15) is 12.0 Å². The fraction of sp³-hybridized carbons (Fsp3) is 0.643. The molecule has 1 saturated heterocycles. The van der Waals surface area contributed by atoms with Crippen LogP contribution in [0.5, 0.6) is 0 Å². The lowest BCUT2D eigenvalue weighted by Gasteiger charge is -2.20. The van der Waals surface area contributed by atoms with E-state index in [2.05, 4.69) is 33.2 Å². The van der Waals surface area contributed by atoms with Crippen molar-refractivity contribution >= 4 is 0 Å². The fourth-order valence-corrected chi connectivity index (χ4v) is 2.30. The number of hydrogen-bond acceptors (Lipinski definition) is 4. The largest absolute Gasteiger partial charge is 0.311 e. The molecular weight excluding hydrogens is 224 g/mol. The van der Waals surface area contributed by atoms with Crippen LogP contribution in [-0.4, -0.2) is 61.1 Å². The standard InChI is InChI=1S/C14H24N4/c1-17-7-3-8-18(11-10-17)9-6-16-13-14-4-2-5-15-12-14/h2,4-5,12,16H,3,6-11,13H2,1H3. The molecule has 1 aliphatic rings. The Morgan fingerprint density at radius 1 is 1.28 bits per heavy atom. The molecule has 0 spiro atoms. The number of hydrogen-bond donors (Lipinski definition) is 1. The van der Waals surface area contributed by atoms with E-state index >= 15 is 0 Å². The Labute approximate surface area is 110 Å². The molecule has 0 radical (unpaired) electrons. The smallest absolute Gasteiger partial charge is 0.0312 e. The highest BCUT2D eigenvalue weighted by molar-refractivity contribution is 5.07. The molecule has 0 saturated carbocycles. The lowest BCUT2D eigenvalue weighted by atomic mass is 10.3. The van der Waals surface area contributed by atoms with Gasteiger partial charge in [0.2, 0.25) is 0 Å². The van der Waals surface area contributed by atoms with Gasteiger partial charge in [-0.25, -0.2) is 0 Å². The molecule has 1 N–H and O–H groups in total. The lowest BCUT2D eigenvalue weighted by molar-refractivity contribution is 0.275. The van der Waals surface area contributed by atoms with E-state index in [0.717, 1.165) is 19.6 Å². The number of nitrogens with one attached hydrogen (secondary N) is 1. The van der Waals surface area contributed by atoms with Crippen molar-refractivity contribution < 1.29 is 0 Å². The highest BCUT2D eigenvalue weighted by atomic mass is 15.2. The van der Waals surface area contributed by atoms with E-state index < -0.39 is 0 Å². The fourth-order valence-electron chi connectivity index (χ4n) is 2.30. The molecule has 1 aliphatic heterocycles. The zero-order valence-electron chi connectivity index (χ0n) is 11.3. The van der Waals surface area contributed by atoms with Crippen molar-refractivity contribution in [3.05, 3.63) is 30.1 Å². The van der Waals surface area contributed by atoms with Gasteiger partial charge in [-0.15, -0.1) is 0 Å². The predicted molar refractivity (Wildman–Crippen MR) is 74.5 cm³/mol. The van der Waals surface area contributed by atoms with Crippen molar-refractivity contribution in [3.8, 4) is 0 Å². The first kappa shape index (κ1) is 13.5. The topological polar surface area (TPSA) is 31.4 Å². The van der Waals surface area contributed by atoms with Gasteiger partial charge in [-0.3, -0.25) is 4.98 Å². The van der Waals surface area contributed by atoms with E-state index in [-0.39, 0.29) is 0 Å². The molecule has 0 atom stereocenters. The molecule has 1 fully saturated rings. The maximum absolute atomic E-state index is 4.12. The molecule has 0 bridgehead atoms. The van der Waals surface area contributed by atoms with E-state index in [1.54, 1.807) is 0 Å². The minimum atomic E-state index is 0.918. The predicted octanol–water partition coefficient (Wildman–Crippen LogP) is 0.809. The molecule has 0 unspecified atom stereocenters. The number of rotatable bonds is 5. The molecule has 2 rings (SSSR count). The second-order valence-electron chi connectivity index (χ2n) is 5.04. The van der Waals surface area contributed by atoms with Crippen molar-refractivity contribution in [2.75, 3.05) is 46.3 Å². The summed E-state index contributed by atoms with van der Waals surface area (Å²) < 4.78 is 0. The number of aromatic nitrogens is 1. The summed E-state index contributed by atoms with van der Waals surface area (Å²) in [6.45, 7) is 7.99. The molecule has 4 nitrogen and oxygen atoms in total. The molecule has 1 aromatic heterocycles. The van der Waals surface area contributed by atoms with Gasteiger partial charge in [0.05, 0.1) is 0 Å². The van der Waals surface area contributed by atoms with Gasteiger partial charge in [0.1, 0.15) is 0 Å². The van der Waals surface area contributed by atoms with E-state index in [9.17, 15) is 0 Å². The molecule has 2 heterocycles. The first-order valence-electron chi connectivity index (χ1n) is 6.85. The molecule has 4 heteroatoms. The maximum Gasteiger partial charge on any atom is 0.0312 e. The Balaban J connectivity index is 1.60. The average Bonchev–Trinajstić information content (AvgIpc) is 2.61. The van der Waals surface area contributed by atoms with Crippen molar-refractivity contribution in [2.45, 2.75) is 13.0 Å². The second-order valence-corrected chi connectivity index (χ2v) is 5.04. The average molecular weight is 248 g/mol. The monoisotopic (exact) mass is 248 g/mol. The first-order valence-corrected chi connectivity index (χ1v) is 6.85. The molecule has 0 aliphatic carbocycles. The van der Waals surface area contributed by atoms with Crippen molar-refractivity contribution in [2.24, 2.45) is 0 Å². The summed E-state index contributed by atoms with van der Waals surface area (Å²) in [5.41, 5.74) is 1.26. The third-order valence-electron chi connectivity index (χ3n) is 3.47. The van der Waals surface area contributed by atoms with Gasteiger partial charge >= 0.3 is 0 Å². The van der Waals surface area contributed by atoms with Crippen LogP contribution in [0.3, 0.4) is 0 Å². The Hall–Kier alpha value is -0.970. The third-order valence-corrected chi connectivity index (χ3v) is 3.47. The highest BCUT2D eigenvalue weighted by Gasteiger charge is 2.10. The van der Waals surface area contributed by atoms with E-state index in [0.29, 0.717) is 0 Å². The number of pyridine rings is 1. The van der Waals surface area contributed by atoms with Crippen LogP contribution in [-0.2, 0) is 6.54 Å². The van der Waals surface area contributed by atoms with E-state index in [1.165, 1.54) is 38.2 Å². The SMILES string of the molecule is CN1CCCN(CCNCc2cccnc2)CC1. The highest BCUT2D eigenvalue weighted by Crippen LogP contribution is 2.00. The van der Waals surface area contributed by atoms with Gasteiger partial charge in [0, 0.05) is 45.1 Å². The van der Waals surface area contributed by atoms with Crippen molar-refractivity contribution in [1.82, 2.24) is 20.1 Å². The lowest BCUT2D eigenvalue weighted by Crippen LogP contribution is -2.34. The van der Waals surface area contributed by atoms with Gasteiger partial charge in [-0.1, -0.05) is 6.07 Å². The van der Waals surface area contributed by atoms with Crippen LogP contribution >= 0.6 is 0 Å². The molecule has 0 aromatic carbocycles. The summed E-state index contributed by atoms with van der Waals surface area (Å²) in [5, 5.41) is 3.49.